The van der Waals surface area contributed by atoms with Gasteiger partial charge in [-0.05, 0) is 18.2 Å². The smallest absolute Gasteiger partial charge is 0.334 e. The van der Waals surface area contributed by atoms with Crippen LogP contribution in [0, 0.1) is 10.1 Å². The fourth-order valence-electron chi connectivity index (χ4n) is 2.24. The molecule has 0 aromatic heterocycles. The van der Waals surface area contributed by atoms with E-state index >= 15 is 0 Å². The highest BCUT2D eigenvalue weighted by Crippen LogP contribution is 2.32. The molecule has 0 saturated heterocycles. The molecule has 6 nitrogen and oxygen atoms in total. The number of nitrogens with zero attached hydrogens (tertiary/aromatic N) is 1. The highest BCUT2D eigenvalue weighted by molar-refractivity contribution is 5.90. The van der Waals surface area contributed by atoms with Gasteiger partial charge in [0.2, 0.25) is 0 Å². The van der Waals surface area contributed by atoms with E-state index in [4.69, 9.17) is 0 Å². The largest absolute Gasteiger partial charge is 0.478 e. The summed E-state index contributed by atoms with van der Waals surface area (Å²) < 4.78 is 0. The van der Waals surface area contributed by atoms with Gasteiger partial charge >= 0.3 is 5.97 Å². The molecule has 1 aromatic carbocycles. The predicted molar refractivity (Wildman–Crippen MR) is 73.1 cm³/mol. The lowest BCUT2D eigenvalue weighted by molar-refractivity contribution is -0.384. The molecule has 1 atom stereocenters. The number of dihydropyridines is 1. The van der Waals surface area contributed by atoms with Gasteiger partial charge in [-0.2, -0.15) is 0 Å². The Labute approximate surface area is 115 Å². The zero-order valence-corrected chi connectivity index (χ0v) is 10.9. The summed E-state index contributed by atoms with van der Waals surface area (Å²) in [5.41, 5.74) is 1.65. The van der Waals surface area contributed by atoms with Gasteiger partial charge in [-0.3, -0.25) is 10.1 Å². The molecule has 1 heterocycles. The molecule has 1 aromatic rings. The van der Waals surface area contributed by atoms with Crippen molar-refractivity contribution in [3.05, 3.63) is 63.5 Å². The van der Waals surface area contributed by atoms with Gasteiger partial charge in [0.15, 0.2) is 0 Å². The number of nitro groups is 1. The maximum absolute atomic E-state index is 11.4. The van der Waals surface area contributed by atoms with Crippen LogP contribution in [0.3, 0.4) is 0 Å². The molecule has 0 bridgehead atoms. The number of carboxylic acid groups (broad SMARTS) is 1. The molecule has 1 unspecified atom stereocenters. The lowest BCUT2D eigenvalue weighted by atomic mass is 9.87. The zero-order chi connectivity index (χ0) is 14.7. The van der Waals surface area contributed by atoms with E-state index in [0.717, 1.165) is 5.56 Å². The summed E-state index contributed by atoms with van der Waals surface area (Å²) in [6, 6.07) is 5.95. The predicted octanol–water partition coefficient (Wildman–Crippen LogP) is 2.54. The SMILES string of the molecule is CCC1=C(C(=O)O)C(c2ccc([N+](=O)[O-])cc2)C=CN1. The second-order valence-electron chi connectivity index (χ2n) is 4.38. The summed E-state index contributed by atoms with van der Waals surface area (Å²) in [6.07, 6.45) is 4.02. The number of hydrogen-bond donors (Lipinski definition) is 2. The van der Waals surface area contributed by atoms with Crippen LogP contribution in [0.15, 0.2) is 47.8 Å². The van der Waals surface area contributed by atoms with Crippen LogP contribution in [0.4, 0.5) is 5.69 Å². The molecule has 2 N–H and O–H groups in total. The molecule has 2 rings (SSSR count). The third-order valence-corrected chi connectivity index (χ3v) is 3.23. The molecule has 0 amide bonds. The topological polar surface area (TPSA) is 92.5 Å². The first kappa shape index (κ1) is 13.8. The zero-order valence-electron chi connectivity index (χ0n) is 10.9. The summed E-state index contributed by atoms with van der Waals surface area (Å²) in [6.45, 7) is 1.87. The second-order valence-corrected chi connectivity index (χ2v) is 4.38. The highest BCUT2D eigenvalue weighted by Gasteiger charge is 2.26. The van der Waals surface area contributed by atoms with Crippen molar-refractivity contribution in [3.63, 3.8) is 0 Å². The molecule has 20 heavy (non-hydrogen) atoms. The fourth-order valence-corrected chi connectivity index (χ4v) is 2.24. The quantitative estimate of drug-likeness (QED) is 0.650. The van der Waals surface area contributed by atoms with Crippen molar-refractivity contribution < 1.29 is 14.8 Å². The average Bonchev–Trinajstić information content (AvgIpc) is 2.46. The van der Waals surface area contributed by atoms with Gasteiger partial charge in [0, 0.05) is 23.7 Å². The van der Waals surface area contributed by atoms with Crippen molar-refractivity contribution in [3.8, 4) is 0 Å². The Morgan fingerprint density at radius 3 is 2.55 bits per heavy atom. The van der Waals surface area contributed by atoms with E-state index in [9.17, 15) is 20.0 Å². The van der Waals surface area contributed by atoms with E-state index in [1.807, 2.05) is 6.92 Å². The number of allylic oxidation sites excluding steroid dienone is 2. The lowest BCUT2D eigenvalue weighted by Gasteiger charge is -2.22. The summed E-state index contributed by atoms with van der Waals surface area (Å²) in [5.74, 6) is -1.38. The van der Waals surface area contributed by atoms with Gasteiger partial charge in [0.1, 0.15) is 0 Å². The minimum absolute atomic E-state index is 0.0109. The van der Waals surface area contributed by atoms with Gasteiger partial charge in [0.05, 0.1) is 10.5 Å². The molecular weight excluding hydrogens is 260 g/mol. The number of carboxylic acids is 1. The number of rotatable bonds is 4. The van der Waals surface area contributed by atoms with E-state index in [-0.39, 0.29) is 11.3 Å². The Morgan fingerprint density at radius 2 is 2.05 bits per heavy atom. The number of benzene rings is 1. The van der Waals surface area contributed by atoms with Crippen LogP contribution in [0.25, 0.3) is 0 Å². The first-order valence-corrected chi connectivity index (χ1v) is 6.18. The molecule has 0 fully saturated rings. The average molecular weight is 274 g/mol. The van der Waals surface area contributed by atoms with Crippen LogP contribution in [-0.2, 0) is 4.79 Å². The molecule has 0 saturated carbocycles. The maximum Gasteiger partial charge on any atom is 0.334 e. The van der Waals surface area contributed by atoms with Crippen molar-refractivity contribution in [1.82, 2.24) is 5.32 Å². The van der Waals surface area contributed by atoms with Crippen molar-refractivity contribution in [2.24, 2.45) is 0 Å². The van der Waals surface area contributed by atoms with Gasteiger partial charge < -0.3 is 10.4 Å². The number of non-ortho nitro benzene ring substituents is 1. The number of carbonyl (C=O) groups is 1. The van der Waals surface area contributed by atoms with Crippen molar-refractivity contribution in [2.45, 2.75) is 19.3 Å². The summed E-state index contributed by atoms with van der Waals surface area (Å²) in [5, 5.41) is 23.0. The summed E-state index contributed by atoms with van der Waals surface area (Å²) >= 11 is 0. The maximum atomic E-state index is 11.4. The summed E-state index contributed by atoms with van der Waals surface area (Å²) in [7, 11) is 0. The Hall–Kier alpha value is -2.63. The Bertz CT molecular complexity index is 602. The Kier molecular flexibility index (Phi) is 3.84. The third kappa shape index (κ3) is 2.54. The standard InChI is InChI=1S/C14H14N2O4/c1-2-12-13(14(17)18)11(7-8-15-12)9-3-5-10(6-4-9)16(19)20/h3-8,11,15H,2H2,1H3,(H,17,18). The number of nitrogens with one attached hydrogen (secondary N) is 1. The normalized spacial score (nSPS) is 17.8. The number of hydrogen-bond acceptors (Lipinski definition) is 4. The molecule has 0 radical (unpaired) electrons. The van der Waals surface area contributed by atoms with Crippen molar-refractivity contribution >= 4 is 11.7 Å². The van der Waals surface area contributed by atoms with Crippen LogP contribution in [0.1, 0.15) is 24.8 Å². The van der Waals surface area contributed by atoms with Crippen molar-refractivity contribution in [1.29, 1.82) is 0 Å². The van der Waals surface area contributed by atoms with Crippen LogP contribution in [0.5, 0.6) is 0 Å². The molecule has 6 heteroatoms. The molecule has 0 spiro atoms. The number of aliphatic carboxylic acids is 1. The first-order valence-electron chi connectivity index (χ1n) is 6.18. The Morgan fingerprint density at radius 1 is 1.40 bits per heavy atom. The lowest BCUT2D eigenvalue weighted by Crippen LogP contribution is -2.22. The van der Waals surface area contributed by atoms with E-state index in [2.05, 4.69) is 5.32 Å². The third-order valence-electron chi connectivity index (χ3n) is 3.23. The van der Waals surface area contributed by atoms with Gasteiger partial charge in [-0.25, -0.2) is 4.79 Å². The van der Waals surface area contributed by atoms with E-state index in [0.29, 0.717) is 12.1 Å². The highest BCUT2D eigenvalue weighted by atomic mass is 16.6. The first-order chi connectivity index (χ1) is 9.54. The minimum Gasteiger partial charge on any atom is -0.478 e. The van der Waals surface area contributed by atoms with Gasteiger partial charge in [-0.1, -0.05) is 25.1 Å². The molecule has 0 aliphatic carbocycles. The second kappa shape index (κ2) is 5.56. The van der Waals surface area contributed by atoms with Crippen LogP contribution < -0.4 is 5.32 Å². The van der Waals surface area contributed by atoms with E-state index in [1.54, 1.807) is 24.4 Å². The summed E-state index contributed by atoms with van der Waals surface area (Å²) in [4.78, 5) is 21.6. The van der Waals surface area contributed by atoms with Crippen molar-refractivity contribution in [2.75, 3.05) is 0 Å². The molecule has 104 valence electrons. The molecule has 1 aliphatic heterocycles. The van der Waals surface area contributed by atoms with Crippen LogP contribution >= 0.6 is 0 Å². The molecular formula is C14H14N2O4. The van der Waals surface area contributed by atoms with Crippen LogP contribution in [0.2, 0.25) is 0 Å². The fraction of sp³-hybridized carbons (Fsp3) is 0.214. The number of nitro benzene ring substituents is 1. The van der Waals surface area contributed by atoms with Gasteiger partial charge in [-0.15, -0.1) is 0 Å². The minimum atomic E-state index is -0.984. The van der Waals surface area contributed by atoms with Gasteiger partial charge in [0.25, 0.3) is 5.69 Å². The van der Waals surface area contributed by atoms with E-state index in [1.165, 1.54) is 12.1 Å². The van der Waals surface area contributed by atoms with Crippen LogP contribution in [-0.4, -0.2) is 16.0 Å². The van der Waals surface area contributed by atoms with E-state index < -0.39 is 16.8 Å². The Balaban J connectivity index is 2.41. The monoisotopic (exact) mass is 274 g/mol. The molecule has 1 aliphatic rings.